The van der Waals surface area contributed by atoms with Crippen molar-refractivity contribution >= 4 is 28.3 Å². The molecule has 1 aliphatic rings. The second-order valence-electron chi connectivity index (χ2n) is 6.42. The maximum atomic E-state index is 12.6. The molecule has 5 nitrogen and oxygen atoms in total. The Kier molecular flexibility index (Phi) is 4.61. The average Bonchev–Trinajstić information content (AvgIpc) is 3.08. The van der Waals surface area contributed by atoms with E-state index in [2.05, 4.69) is 28.5 Å². The number of nitrogens with one attached hydrogen (secondary N) is 1. The molecular weight excluding hydrogens is 308 g/mol. The molecule has 23 heavy (non-hydrogen) atoms. The van der Waals surface area contributed by atoms with Crippen molar-refractivity contribution in [3.8, 4) is 0 Å². The van der Waals surface area contributed by atoms with Crippen LogP contribution in [-0.4, -0.2) is 27.9 Å². The highest BCUT2D eigenvalue weighted by Gasteiger charge is 2.33. The average molecular weight is 330 g/mol. The Labute approximate surface area is 140 Å². The molecule has 1 fully saturated rings. The number of hydrogen-bond acceptors (Lipinski definition) is 5. The van der Waals surface area contributed by atoms with Crippen LogP contribution in [0, 0.1) is 12.8 Å². The number of benzene rings is 1. The van der Waals surface area contributed by atoms with Crippen molar-refractivity contribution in [1.29, 1.82) is 0 Å². The van der Waals surface area contributed by atoms with Crippen molar-refractivity contribution in [2.24, 2.45) is 5.92 Å². The van der Waals surface area contributed by atoms with E-state index >= 15 is 0 Å². The summed E-state index contributed by atoms with van der Waals surface area (Å²) in [5.74, 6) is 1.49. The van der Waals surface area contributed by atoms with Crippen LogP contribution >= 0.6 is 11.5 Å². The molecular formula is C17H22N4OS. The van der Waals surface area contributed by atoms with Gasteiger partial charge in [0.05, 0.1) is 0 Å². The zero-order chi connectivity index (χ0) is 16.4. The first kappa shape index (κ1) is 15.9. The Hall–Kier alpha value is -1.95. The van der Waals surface area contributed by atoms with Crippen LogP contribution in [-0.2, 0) is 11.2 Å². The Morgan fingerprint density at radius 1 is 1.35 bits per heavy atom. The van der Waals surface area contributed by atoms with E-state index in [1.54, 1.807) is 0 Å². The highest BCUT2D eigenvalue weighted by Crippen LogP contribution is 2.24. The van der Waals surface area contributed by atoms with Crippen LogP contribution in [0.5, 0.6) is 0 Å². The Balaban J connectivity index is 1.65. The second-order valence-corrected chi connectivity index (χ2v) is 7.18. The molecule has 122 valence electrons. The van der Waals surface area contributed by atoms with Crippen LogP contribution in [0.15, 0.2) is 24.3 Å². The van der Waals surface area contributed by atoms with Crippen LogP contribution in [0.2, 0.25) is 0 Å². The first-order chi connectivity index (χ1) is 11.0. The lowest BCUT2D eigenvalue weighted by molar-refractivity contribution is -0.117. The van der Waals surface area contributed by atoms with Gasteiger partial charge < -0.3 is 10.2 Å². The lowest BCUT2D eigenvalue weighted by Gasteiger charge is -2.17. The number of aromatic nitrogens is 2. The van der Waals surface area contributed by atoms with Crippen LogP contribution < -0.4 is 10.2 Å². The molecule has 1 atom stereocenters. The molecule has 1 unspecified atom stereocenters. The van der Waals surface area contributed by atoms with Gasteiger partial charge >= 0.3 is 0 Å². The van der Waals surface area contributed by atoms with E-state index in [-0.39, 0.29) is 11.9 Å². The predicted octanol–water partition coefficient (Wildman–Crippen LogP) is 3.26. The standard InChI is InChI=1S/C17H22N4OS/c1-11(2)10-15-19-17(23-20-15)18-14-8-9-21(16(14)22)13-6-4-12(3)5-7-13/h4-7,11,14H,8-10H2,1-3H3,(H,18,19,20). The Bertz CT molecular complexity index is 680. The third kappa shape index (κ3) is 3.69. The van der Waals surface area contributed by atoms with Gasteiger partial charge in [-0.15, -0.1) is 0 Å². The van der Waals surface area contributed by atoms with Gasteiger partial charge in [-0.3, -0.25) is 4.79 Å². The van der Waals surface area contributed by atoms with Crippen LogP contribution in [0.25, 0.3) is 0 Å². The van der Waals surface area contributed by atoms with Crippen molar-refractivity contribution < 1.29 is 4.79 Å². The quantitative estimate of drug-likeness (QED) is 0.914. The molecule has 6 heteroatoms. The van der Waals surface area contributed by atoms with Crippen molar-refractivity contribution in [3.05, 3.63) is 35.7 Å². The molecule has 1 N–H and O–H groups in total. The summed E-state index contributed by atoms with van der Waals surface area (Å²) in [4.78, 5) is 18.9. The first-order valence-electron chi connectivity index (χ1n) is 8.00. The smallest absolute Gasteiger partial charge is 0.249 e. The molecule has 1 saturated heterocycles. The van der Waals surface area contributed by atoms with E-state index in [1.807, 2.05) is 36.1 Å². The van der Waals surface area contributed by atoms with Gasteiger partial charge in [0, 0.05) is 30.2 Å². The fourth-order valence-corrected chi connectivity index (χ4v) is 3.35. The molecule has 0 bridgehead atoms. The summed E-state index contributed by atoms with van der Waals surface area (Å²) in [6, 6.07) is 7.86. The highest BCUT2D eigenvalue weighted by molar-refractivity contribution is 7.09. The number of rotatable bonds is 5. The minimum absolute atomic E-state index is 0.106. The van der Waals surface area contributed by atoms with Gasteiger partial charge in [-0.05, 0) is 31.4 Å². The van der Waals surface area contributed by atoms with Crippen LogP contribution in [0.3, 0.4) is 0 Å². The third-order valence-electron chi connectivity index (χ3n) is 3.91. The van der Waals surface area contributed by atoms with E-state index in [1.165, 1.54) is 17.1 Å². The summed E-state index contributed by atoms with van der Waals surface area (Å²) in [6.07, 6.45) is 1.65. The first-order valence-corrected chi connectivity index (χ1v) is 8.77. The fraction of sp³-hybridized carbons (Fsp3) is 0.471. The molecule has 1 amide bonds. The van der Waals surface area contributed by atoms with Gasteiger partial charge in [-0.1, -0.05) is 31.5 Å². The molecule has 0 aliphatic carbocycles. The topological polar surface area (TPSA) is 58.1 Å². The number of aryl methyl sites for hydroxylation is 1. The number of anilines is 2. The van der Waals surface area contributed by atoms with E-state index in [9.17, 15) is 4.79 Å². The van der Waals surface area contributed by atoms with Gasteiger partial charge in [0.2, 0.25) is 11.0 Å². The van der Waals surface area contributed by atoms with Crippen LogP contribution in [0.4, 0.5) is 10.8 Å². The van der Waals surface area contributed by atoms with E-state index in [0.29, 0.717) is 5.92 Å². The third-order valence-corrected chi connectivity index (χ3v) is 4.59. The van der Waals surface area contributed by atoms with E-state index in [4.69, 9.17) is 0 Å². The summed E-state index contributed by atoms with van der Waals surface area (Å²) in [5, 5.41) is 3.99. The molecule has 1 aromatic heterocycles. The normalized spacial score (nSPS) is 18.0. The van der Waals surface area contributed by atoms with Crippen LogP contribution in [0.1, 0.15) is 31.7 Å². The van der Waals surface area contributed by atoms with E-state index < -0.39 is 0 Å². The molecule has 0 radical (unpaired) electrons. The largest absolute Gasteiger partial charge is 0.348 e. The number of carbonyl (C=O) groups is 1. The van der Waals surface area contributed by atoms with Crippen molar-refractivity contribution in [1.82, 2.24) is 9.36 Å². The molecule has 1 aromatic carbocycles. The highest BCUT2D eigenvalue weighted by atomic mass is 32.1. The Morgan fingerprint density at radius 3 is 2.78 bits per heavy atom. The van der Waals surface area contributed by atoms with E-state index in [0.717, 1.165) is 36.0 Å². The summed E-state index contributed by atoms with van der Waals surface area (Å²) in [6.45, 7) is 7.07. The zero-order valence-corrected chi connectivity index (χ0v) is 14.6. The number of amides is 1. The molecule has 0 saturated carbocycles. The summed E-state index contributed by atoms with van der Waals surface area (Å²) < 4.78 is 4.35. The minimum Gasteiger partial charge on any atom is -0.348 e. The van der Waals surface area contributed by atoms with Gasteiger partial charge in [0.1, 0.15) is 11.9 Å². The summed E-state index contributed by atoms with van der Waals surface area (Å²) >= 11 is 1.34. The number of nitrogens with zero attached hydrogens (tertiary/aromatic N) is 3. The molecule has 2 heterocycles. The minimum atomic E-state index is -0.212. The fourth-order valence-electron chi connectivity index (χ4n) is 2.70. The molecule has 0 spiro atoms. The van der Waals surface area contributed by atoms with Gasteiger partial charge in [-0.2, -0.15) is 4.37 Å². The molecule has 2 aromatic rings. The summed E-state index contributed by atoms with van der Waals surface area (Å²) in [5.41, 5.74) is 2.16. The summed E-state index contributed by atoms with van der Waals surface area (Å²) in [7, 11) is 0. The van der Waals surface area contributed by atoms with Crippen molar-refractivity contribution in [2.75, 3.05) is 16.8 Å². The maximum absolute atomic E-state index is 12.6. The molecule has 3 rings (SSSR count). The SMILES string of the molecule is Cc1ccc(N2CCC(Nc3nc(CC(C)C)ns3)C2=O)cc1. The Morgan fingerprint density at radius 2 is 2.09 bits per heavy atom. The van der Waals surface area contributed by atoms with Gasteiger partial charge in [0.15, 0.2) is 0 Å². The second kappa shape index (κ2) is 6.66. The lowest BCUT2D eigenvalue weighted by atomic mass is 10.1. The lowest BCUT2D eigenvalue weighted by Crippen LogP contribution is -2.33. The maximum Gasteiger partial charge on any atom is 0.249 e. The van der Waals surface area contributed by atoms with Gasteiger partial charge in [0.25, 0.3) is 0 Å². The zero-order valence-electron chi connectivity index (χ0n) is 13.7. The number of carbonyl (C=O) groups excluding carboxylic acids is 1. The monoisotopic (exact) mass is 330 g/mol. The predicted molar refractivity (Wildman–Crippen MR) is 94.0 cm³/mol. The number of hydrogen-bond donors (Lipinski definition) is 1. The van der Waals surface area contributed by atoms with Crippen molar-refractivity contribution in [2.45, 2.75) is 39.7 Å². The van der Waals surface area contributed by atoms with Crippen molar-refractivity contribution in [3.63, 3.8) is 0 Å². The molecule has 1 aliphatic heterocycles. The van der Waals surface area contributed by atoms with Gasteiger partial charge in [-0.25, -0.2) is 4.98 Å².